The average molecular weight is 199 g/mol. The van der Waals surface area contributed by atoms with Crippen molar-refractivity contribution in [2.75, 3.05) is 13.1 Å². The molecule has 3 nitrogen and oxygen atoms in total. The van der Waals surface area contributed by atoms with Crippen molar-refractivity contribution < 1.29 is 9.90 Å². The Kier molecular flexibility index (Phi) is 3.53. The minimum absolute atomic E-state index is 0.459. The zero-order chi connectivity index (χ0) is 10.8. The highest BCUT2D eigenvalue weighted by molar-refractivity contribution is 5.75. The van der Waals surface area contributed by atoms with Gasteiger partial charge in [0.15, 0.2) is 0 Å². The molecule has 1 heterocycles. The lowest BCUT2D eigenvalue weighted by molar-refractivity contribution is -0.148. The number of carbonyl (C=O) groups is 1. The first kappa shape index (κ1) is 11.5. The van der Waals surface area contributed by atoms with Gasteiger partial charge in [0.05, 0.1) is 5.41 Å². The number of hydrogen-bond acceptors (Lipinski definition) is 2. The molecule has 1 aliphatic rings. The summed E-state index contributed by atoms with van der Waals surface area (Å²) in [7, 11) is 0. The summed E-state index contributed by atoms with van der Waals surface area (Å²) in [5.41, 5.74) is -0.459. The van der Waals surface area contributed by atoms with E-state index in [-0.39, 0.29) is 0 Å². The van der Waals surface area contributed by atoms with Crippen LogP contribution in [0.5, 0.6) is 0 Å². The predicted octanol–water partition coefficient (Wildman–Crippen LogP) is 1.97. The van der Waals surface area contributed by atoms with Crippen LogP contribution >= 0.6 is 0 Å². The van der Waals surface area contributed by atoms with Gasteiger partial charge in [0, 0.05) is 12.6 Å². The molecule has 0 spiro atoms. The average Bonchev–Trinajstić information content (AvgIpc) is 2.50. The first-order chi connectivity index (χ1) is 6.52. The Morgan fingerprint density at radius 3 is 2.57 bits per heavy atom. The maximum absolute atomic E-state index is 11.3. The highest BCUT2D eigenvalue weighted by Gasteiger charge is 2.44. The molecule has 0 bridgehead atoms. The number of hydrogen-bond donors (Lipinski definition) is 1. The van der Waals surface area contributed by atoms with E-state index in [4.69, 9.17) is 0 Å². The zero-order valence-electron chi connectivity index (χ0n) is 9.42. The van der Waals surface area contributed by atoms with Crippen molar-refractivity contribution in [2.24, 2.45) is 5.41 Å². The van der Waals surface area contributed by atoms with Gasteiger partial charge in [0.25, 0.3) is 0 Å². The monoisotopic (exact) mass is 199 g/mol. The van der Waals surface area contributed by atoms with Crippen molar-refractivity contribution in [1.29, 1.82) is 0 Å². The molecule has 1 fully saturated rings. The third-order valence-corrected chi connectivity index (χ3v) is 3.30. The van der Waals surface area contributed by atoms with Crippen LogP contribution in [0.15, 0.2) is 0 Å². The lowest BCUT2D eigenvalue weighted by atomic mass is 9.83. The van der Waals surface area contributed by atoms with Gasteiger partial charge in [0.1, 0.15) is 0 Å². The molecule has 0 amide bonds. The van der Waals surface area contributed by atoms with E-state index in [0.29, 0.717) is 6.04 Å². The molecule has 1 saturated heterocycles. The fraction of sp³-hybridized carbons (Fsp3) is 0.909. The lowest BCUT2D eigenvalue weighted by Gasteiger charge is -2.26. The standard InChI is InChI=1S/C11H21NO2/c1-4-5-11(10(13)14)6-7-12(8-11)9(2)3/h9H,4-8H2,1-3H3,(H,13,14). The van der Waals surface area contributed by atoms with Crippen molar-refractivity contribution in [2.45, 2.75) is 46.1 Å². The van der Waals surface area contributed by atoms with Gasteiger partial charge in [0.2, 0.25) is 0 Å². The van der Waals surface area contributed by atoms with E-state index in [1.165, 1.54) is 0 Å². The molecule has 0 aromatic heterocycles. The van der Waals surface area contributed by atoms with E-state index in [1.807, 2.05) is 0 Å². The maximum Gasteiger partial charge on any atom is 0.310 e. The third-order valence-electron chi connectivity index (χ3n) is 3.30. The van der Waals surface area contributed by atoms with Crippen LogP contribution in [0.1, 0.15) is 40.0 Å². The van der Waals surface area contributed by atoms with Gasteiger partial charge in [-0.25, -0.2) is 0 Å². The van der Waals surface area contributed by atoms with Crippen molar-refractivity contribution in [3.05, 3.63) is 0 Å². The molecule has 1 atom stereocenters. The second-order valence-corrected chi connectivity index (χ2v) is 4.65. The van der Waals surface area contributed by atoms with Crippen molar-refractivity contribution in [3.8, 4) is 0 Å². The summed E-state index contributed by atoms with van der Waals surface area (Å²) in [6.07, 6.45) is 2.58. The van der Waals surface area contributed by atoms with Crippen LogP contribution in [-0.4, -0.2) is 35.1 Å². The summed E-state index contributed by atoms with van der Waals surface area (Å²) in [4.78, 5) is 13.5. The summed E-state index contributed by atoms with van der Waals surface area (Å²) in [5.74, 6) is -0.609. The quantitative estimate of drug-likeness (QED) is 0.752. The topological polar surface area (TPSA) is 40.5 Å². The Labute approximate surface area is 86.1 Å². The molecule has 0 aromatic carbocycles. The molecule has 3 heteroatoms. The molecular formula is C11H21NO2. The van der Waals surface area contributed by atoms with Crippen LogP contribution in [0.4, 0.5) is 0 Å². The molecule has 1 aliphatic heterocycles. The Balaban J connectivity index is 2.69. The molecule has 0 aliphatic carbocycles. The van der Waals surface area contributed by atoms with Gasteiger partial charge in [-0.3, -0.25) is 9.69 Å². The number of rotatable bonds is 4. The molecule has 0 radical (unpaired) electrons. The first-order valence-electron chi connectivity index (χ1n) is 5.49. The van der Waals surface area contributed by atoms with E-state index in [1.54, 1.807) is 0 Å². The van der Waals surface area contributed by atoms with Crippen LogP contribution in [-0.2, 0) is 4.79 Å². The van der Waals surface area contributed by atoms with Gasteiger partial charge in [-0.15, -0.1) is 0 Å². The van der Waals surface area contributed by atoms with Gasteiger partial charge in [-0.1, -0.05) is 13.3 Å². The smallest absolute Gasteiger partial charge is 0.310 e. The van der Waals surface area contributed by atoms with Crippen LogP contribution < -0.4 is 0 Å². The molecule has 14 heavy (non-hydrogen) atoms. The molecule has 1 N–H and O–H groups in total. The molecule has 1 unspecified atom stereocenters. The molecule has 82 valence electrons. The minimum Gasteiger partial charge on any atom is -0.481 e. The van der Waals surface area contributed by atoms with E-state index in [2.05, 4.69) is 25.7 Å². The molecular weight excluding hydrogens is 178 g/mol. The number of nitrogens with zero attached hydrogens (tertiary/aromatic N) is 1. The Hall–Kier alpha value is -0.570. The summed E-state index contributed by atoms with van der Waals surface area (Å²) < 4.78 is 0. The normalized spacial score (nSPS) is 28.6. The predicted molar refractivity (Wildman–Crippen MR) is 56.3 cm³/mol. The summed E-state index contributed by atoms with van der Waals surface area (Å²) in [6, 6.07) is 0.466. The van der Waals surface area contributed by atoms with Crippen molar-refractivity contribution in [3.63, 3.8) is 0 Å². The Bertz CT molecular complexity index is 215. The minimum atomic E-state index is -0.609. The van der Waals surface area contributed by atoms with E-state index in [9.17, 15) is 9.90 Å². The number of carboxylic acid groups (broad SMARTS) is 1. The number of aliphatic carboxylic acids is 1. The van der Waals surface area contributed by atoms with Crippen LogP contribution in [0.25, 0.3) is 0 Å². The van der Waals surface area contributed by atoms with Gasteiger partial charge >= 0.3 is 5.97 Å². The second kappa shape index (κ2) is 4.30. The summed E-state index contributed by atoms with van der Waals surface area (Å²) >= 11 is 0. The first-order valence-corrected chi connectivity index (χ1v) is 5.49. The highest BCUT2D eigenvalue weighted by atomic mass is 16.4. The lowest BCUT2D eigenvalue weighted by Crippen LogP contribution is -2.36. The third kappa shape index (κ3) is 2.08. The largest absolute Gasteiger partial charge is 0.481 e. The SMILES string of the molecule is CCCC1(C(=O)O)CCN(C(C)C)C1. The maximum atomic E-state index is 11.3. The van der Waals surface area contributed by atoms with Crippen LogP contribution in [0.3, 0.4) is 0 Å². The van der Waals surface area contributed by atoms with Crippen molar-refractivity contribution >= 4 is 5.97 Å². The number of likely N-dealkylation sites (tertiary alicyclic amines) is 1. The molecule has 0 saturated carbocycles. The van der Waals surface area contributed by atoms with E-state index in [0.717, 1.165) is 32.4 Å². The number of carboxylic acids is 1. The van der Waals surface area contributed by atoms with Crippen molar-refractivity contribution in [1.82, 2.24) is 4.90 Å². The van der Waals surface area contributed by atoms with Crippen LogP contribution in [0, 0.1) is 5.41 Å². The second-order valence-electron chi connectivity index (χ2n) is 4.65. The van der Waals surface area contributed by atoms with E-state index < -0.39 is 11.4 Å². The van der Waals surface area contributed by atoms with Gasteiger partial charge in [-0.2, -0.15) is 0 Å². The van der Waals surface area contributed by atoms with Gasteiger partial charge < -0.3 is 5.11 Å². The Morgan fingerprint density at radius 2 is 2.21 bits per heavy atom. The van der Waals surface area contributed by atoms with Crippen LogP contribution in [0.2, 0.25) is 0 Å². The molecule has 0 aromatic rings. The fourth-order valence-corrected chi connectivity index (χ4v) is 2.31. The highest BCUT2D eigenvalue weighted by Crippen LogP contribution is 2.36. The van der Waals surface area contributed by atoms with Gasteiger partial charge in [-0.05, 0) is 33.2 Å². The summed E-state index contributed by atoms with van der Waals surface area (Å²) in [5, 5.41) is 9.27. The molecule has 1 rings (SSSR count). The summed E-state index contributed by atoms with van der Waals surface area (Å²) in [6.45, 7) is 7.98. The Morgan fingerprint density at radius 1 is 1.57 bits per heavy atom. The van der Waals surface area contributed by atoms with E-state index >= 15 is 0 Å². The zero-order valence-corrected chi connectivity index (χ0v) is 9.42. The fourth-order valence-electron chi connectivity index (χ4n) is 2.31.